The molecular weight excluding hydrogens is 238 g/mol. The number of nitrogens with two attached hydrogens (primary N) is 1. The summed E-state index contributed by atoms with van der Waals surface area (Å²) in [6.45, 7) is 0. The third-order valence-electron chi connectivity index (χ3n) is 2.05. The molecule has 0 saturated heterocycles. The maximum atomic E-state index is 12.4. The molecule has 3 nitrogen and oxygen atoms in total. The minimum absolute atomic E-state index is 0.134. The Morgan fingerprint density at radius 3 is 2.56 bits per heavy atom. The van der Waals surface area contributed by atoms with Gasteiger partial charge >= 0.3 is 0 Å². The maximum absolute atomic E-state index is 12.4. The van der Waals surface area contributed by atoms with Gasteiger partial charge in [0.05, 0.1) is 5.02 Å². The van der Waals surface area contributed by atoms with Gasteiger partial charge in [-0.1, -0.05) is 28.9 Å². The van der Waals surface area contributed by atoms with Crippen molar-refractivity contribution in [3.63, 3.8) is 0 Å². The van der Waals surface area contributed by atoms with E-state index in [0.717, 1.165) is 0 Å². The van der Waals surface area contributed by atoms with Crippen molar-refractivity contribution in [2.24, 2.45) is 0 Å². The predicted octanol–water partition coefficient (Wildman–Crippen LogP) is 3.51. The molecule has 0 atom stereocenters. The average Bonchev–Trinajstić information content (AvgIpc) is 2.64. The SMILES string of the molecule is Nc1cc(-c2ccc(C(F)F)cc2Cl)no1. The van der Waals surface area contributed by atoms with Crippen LogP contribution in [0, 0.1) is 0 Å². The van der Waals surface area contributed by atoms with Crippen LogP contribution in [-0.2, 0) is 0 Å². The highest BCUT2D eigenvalue weighted by molar-refractivity contribution is 6.33. The molecule has 0 fully saturated rings. The van der Waals surface area contributed by atoms with E-state index in [1.807, 2.05) is 0 Å². The smallest absolute Gasteiger partial charge is 0.263 e. The number of alkyl halides is 2. The Morgan fingerprint density at radius 1 is 1.31 bits per heavy atom. The zero-order chi connectivity index (χ0) is 11.7. The van der Waals surface area contributed by atoms with Crippen LogP contribution >= 0.6 is 11.6 Å². The number of aromatic nitrogens is 1. The number of nitrogen functional groups attached to an aromatic ring is 1. The Balaban J connectivity index is 2.44. The number of rotatable bonds is 2. The summed E-state index contributed by atoms with van der Waals surface area (Å²) in [5.41, 5.74) is 6.14. The van der Waals surface area contributed by atoms with Crippen LogP contribution in [0.2, 0.25) is 5.02 Å². The van der Waals surface area contributed by atoms with Gasteiger partial charge in [-0.15, -0.1) is 0 Å². The summed E-state index contributed by atoms with van der Waals surface area (Å²) in [6.07, 6.45) is -2.55. The molecule has 6 heteroatoms. The van der Waals surface area contributed by atoms with E-state index in [1.54, 1.807) is 0 Å². The standard InChI is InChI=1S/C10H7ClF2N2O/c11-7-3-5(10(12)13)1-2-6(7)8-4-9(14)16-15-8/h1-4,10H,14H2. The third-order valence-corrected chi connectivity index (χ3v) is 2.36. The lowest BCUT2D eigenvalue weighted by molar-refractivity contribution is 0.151. The van der Waals surface area contributed by atoms with Crippen molar-refractivity contribution in [2.75, 3.05) is 5.73 Å². The summed E-state index contributed by atoms with van der Waals surface area (Å²) >= 11 is 5.86. The Labute approximate surface area is 94.8 Å². The zero-order valence-electron chi connectivity index (χ0n) is 7.95. The van der Waals surface area contributed by atoms with Gasteiger partial charge in [0, 0.05) is 17.2 Å². The highest BCUT2D eigenvalue weighted by Crippen LogP contribution is 2.31. The number of anilines is 1. The molecule has 84 valence electrons. The highest BCUT2D eigenvalue weighted by atomic mass is 35.5. The molecule has 0 saturated carbocycles. The van der Waals surface area contributed by atoms with Crippen molar-refractivity contribution in [3.8, 4) is 11.3 Å². The van der Waals surface area contributed by atoms with Crippen molar-refractivity contribution in [3.05, 3.63) is 34.9 Å². The first-order valence-electron chi connectivity index (χ1n) is 4.38. The second kappa shape index (κ2) is 4.09. The fourth-order valence-corrected chi connectivity index (χ4v) is 1.58. The Kier molecular flexibility index (Phi) is 2.78. The van der Waals surface area contributed by atoms with Crippen LogP contribution in [-0.4, -0.2) is 5.16 Å². The van der Waals surface area contributed by atoms with Gasteiger partial charge in [-0.25, -0.2) is 8.78 Å². The van der Waals surface area contributed by atoms with Crippen molar-refractivity contribution in [1.29, 1.82) is 0 Å². The number of hydrogen-bond donors (Lipinski definition) is 1. The van der Waals surface area contributed by atoms with Gasteiger partial charge in [0.1, 0.15) is 5.69 Å². The van der Waals surface area contributed by atoms with E-state index < -0.39 is 6.43 Å². The monoisotopic (exact) mass is 244 g/mol. The molecule has 0 amide bonds. The van der Waals surface area contributed by atoms with Crippen LogP contribution in [0.4, 0.5) is 14.7 Å². The largest absolute Gasteiger partial charge is 0.368 e. The molecule has 1 aromatic carbocycles. The van der Waals surface area contributed by atoms with Crippen LogP contribution in [0.25, 0.3) is 11.3 Å². The minimum atomic E-state index is -2.55. The van der Waals surface area contributed by atoms with Gasteiger partial charge in [-0.2, -0.15) is 0 Å². The van der Waals surface area contributed by atoms with E-state index in [-0.39, 0.29) is 16.5 Å². The first-order valence-corrected chi connectivity index (χ1v) is 4.76. The van der Waals surface area contributed by atoms with Crippen LogP contribution in [0.5, 0.6) is 0 Å². The van der Waals surface area contributed by atoms with Gasteiger partial charge < -0.3 is 10.3 Å². The van der Waals surface area contributed by atoms with Crippen LogP contribution in [0.15, 0.2) is 28.8 Å². The molecule has 1 heterocycles. The van der Waals surface area contributed by atoms with Gasteiger partial charge in [0.15, 0.2) is 0 Å². The summed E-state index contributed by atoms with van der Waals surface area (Å²) in [4.78, 5) is 0. The van der Waals surface area contributed by atoms with E-state index in [1.165, 1.54) is 24.3 Å². The molecule has 0 unspecified atom stereocenters. The first-order chi connectivity index (χ1) is 7.58. The summed E-state index contributed by atoms with van der Waals surface area (Å²) in [5, 5.41) is 3.84. The summed E-state index contributed by atoms with van der Waals surface area (Å²) in [6, 6.07) is 5.42. The molecule has 2 rings (SSSR count). The zero-order valence-corrected chi connectivity index (χ0v) is 8.71. The van der Waals surface area contributed by atoms with E-state index in [0.29, 0.717) is 11.3 Å². The first kappa shape index (κ1) is 10.9. The highest BCUT2D eigenvalue weighted by Gasteiger charge is 2.13. The average molecular weight is 245 g/mol. The molecule has 0 aliphatic rings. The second-order valence-electron chi connectivity index (χ2n) is 3.15. The van der Waals surface area contributed by atoms with Crippen molar-refractivity contribution in [2.45, 2.75) is 6.43 Å². The van der Waals surface area contributed by atoms with Crippen molar-refractivity contribution < 1.29 is 13.3 Å². The molecule has 2 N–H and O–H groups in total. The van der Waals surface area contributed by atoms with E-state index >= 15 is 0 Å². The molecule has 16 heavy (non-hydrogen) atoms. The number of benzene rings is 1. The maximum Gasteiger partial charge on any atom is 0.263 e. The van der Waals surface area contributed by atoms with Gasteiger partial charge in [-0.05, 0) is 6.07 Å². The van der Waals surface area contributed by atoms with Gasteiger partial charge in [0.25, 0.3) is 6.43 Å². The molecule has 1 aromatic heterocycles. The molecule has 0 aliphatic heterocycles. The Hall–Kier alpha value is -1.62. The number of halogens is 3. The Morgan fingerprint density at radius 2 is 2.06 bits per heavy atom. The van der Waals surface area contributed by atoms with E-state index in [4.69, 9.17) is 17.3 Å². The number of nitrogens with zero attached hydrogens (tertiary/aromatic N) is 1. The van der Waals surface area contributed by atoms with E-state index in [2.05, 4.69) is 9.68 Å². The summed E-state index contributed by atoms with van der Waals surface area (Å²) < 4.78 is 29.4. The second-order valence-corrected chi connectivity index (χ2v) is 3.56. The molecule has 0 bridgehead atoms. The van der Waals surface area contributed by atoms with Crippen molar-refractivity contribution >= 4 is 17.5 Å². The molecule has 0 spiro atoms. The fourth-order valence-electron chi connectivity index (χ4n) is 1.29. The molecular formula is C10H7ClF2N2O. The van der Waals surface area contributed by atoms with Crippen LogP contribution < -0.4 is 5.73 Å². The van der Waals surface area contributed by atoms with Gasteiger partial charge in [-0.3, -0.25) is 0 Å². The normalized spacial score (nSPS) is 11.0. The van der Waals surface area contributed by atoms with Gasteiger partial charge in [0.2, 0.25) is 5.88 Å². The molecule has 0 radical (unpaired) electrons. The lowest BCUT2D eigenvalue weighted by Crippen LogP contribution is -1.86. The topological polar surface area (TPSA) is 52.0 Å². The lowest BCUT2D eigenvalue weighted by Gasteiger charge is -2.03. The predicted molar refractivity (Wildman–Crippen MR) is 56.3 cm³/mol. The van der Waals surface area contributed by atoms with E-state index in [9.17, 15) is 8.78 Å². The lowest BCUT2D eigenvalue weighted by atomic mass is 10.1. The summed E-state index contributed by atoms with van der Waals surface area (Å²) in [5.74, 6) is 0.143. The Bertz CT molecular complexity index is 513. The summed E-state index contributed by atoms with van der Waals surface area (Å²) in [7, 11) is 0. The van der Waals surface area contributed by atoms with Crippen LogP contribution in [0.3, 0.4) is 0 Å². The van der Waals surface area contributed by atoms with Crippen molar-refractivity contribution in [1.82, 2.24) is 5.16 Å². The molecule has 0 aliphatic carbocycles. The quantitative estimate of drug-likeness (QED) is 0.879. The third kappa shape index (κ3) is 1.99. The van der Waals surface area contributed by atoms with Crippen LogP contribution in [0.1, 0.15) is 12.0 Å². The molecule has 2 aromatic rings. The fraction of sp³-hybridized carbons (Fsp3) is 0.100. The number of hydrogen-bond acceptors (Lipinski definition) is 3. The minimum Gasteiger partial charge on any atom is -0.368 e.